The van der Waals surface area contributed by atoms with E-state index in [4.69, 9.17) is 17.3 Å². The number of carbonyl (C=O) groups excluding carboxylic acids is 1. The van der Waals surface area contributed by atoms with Crippen LogP contribution in [0.2, 0.25) is 5.02 Å². The van der Waals surface area contributed by atoms with Gasteiger partial charge in [0.05, 0.1) is 6.04 Å². The fraction of sp³-hybridized carbons (Fsp3) is 0.235. The van der Waals surface area contributed by atoms with E-state index in [0.717, 1.165) is 12.0 Å². The van der Waals surface area contributed by atoms with Crippen LogP contribution < -0.4 is 11.1 Å². The van der Waals surface area contributed by atoms with Crippen LogP contribution in [0.5, 0.6) is 0 Å². The minimum absolute atomic E-state index is 0.189. The summed E-state index contributed by atoms with van der Waals surface area (Å²) in [6.45, 7) is 1.92. The van der Waals surface area contributed by atoms with Gasteiger partial charge in [-0.15, -0.1) is 0 Å². The summed E-state index contributed by atoms with van der Waals surface area (Å²) in [7, 11) is 0. The van der Waals surface area contributed by atoms with Gasteiger partial charge in [0.15, 0.2) is 0 Å². The summed E-state index contributed by atoms with van der Waals surface area (Å²) < 4.78 is 0. The van der Waals surface area contributed by atoms with Gasteiger partial charge in [0.1, 0.15) is 0 Å². The van der Waals surface area contributed by atoms with E-state index in [1.165, 1.54) is 5.56 Å². The molecule has 1 atom stereocenters. The number of hydrogen-bond donors (Lipinski definition) is 2. The molecule has 3 N–H and O–H groups in total. The molecule has 21 heavy (non-hydrogen) atoms. The van der Waals surface area contributed by atoms with Crippen molar-refractivity contribution in [2.45, 2.75) is 25.8 Å². The second-order valence-electron chi connectivity index (χ2n) is 5.08. The molecule has 2 rings (SSSR count). The zero-order valence-electron chi connectivity index (χ0n) is 12.0. The highest BCUT2D eigenvalue weighted by atomic mass is 35.5. The molecule has 0 saturated carbocycles. The Morgan fingerprint density at radius 2 is 1.95 bits per heavy atom. The number of carbonyl (C=O) groups is 1. The molecule has 0 aromatic heterocycles. The average Bonchev–Trinajstić information content (AvgIpc) is 2.49. The predicted octanol–water partition coefficient (Wildman–Crippen LogP) is 3.55. The highest BCUT2D eigenvalue weighted by Gasteiger charge is 2.13. The molecule has 1 amide bonds. The number of nitrogens with one attached hydrogen (secondary N) is 1. The number of benzene rings is 2. The van der Waals surface area contributed by atoms with Crippen LogP contribution in [0.1, 0.15) is 17.5 Å². The third-order valence-electron chi connectivity index (χ3n) is 3.36. The molecule has 3 nitrogen and oxygen atoms in total. The summed E-state index contributed by atoms with van der Waals surface area (Å²) in [5.41, 5.74) is 8.76. The van der Waals surface area contributed by atoms with Crippen LogP contribution in [0.4, 0.5) is 5.69 Å². The zero-order chi connectivity index (χ0) is 15.2. The molecule has 0 saturated heterocycles. The van der Waals surface area contributed by atoms with Crippen molar-refractivity contribution in [2.24, 2.45) is 5.73 Å². The number of nitrogens with two attached hydrogens (primary N) is 1. The maximum absolute atomic E-state index is 12.1. The summed E-state index contributed by atoms with van der Waals surface area (Å²) in [6, 6.07) is 14.9. The Balaban J connectivity index is 1.89. The van der Waals surface area contributed by atoms with Gasteiger partial charge in [-0.2, -0.15) is 0 Å². The van der Waals surface area contributed by atoms with Crippen molar-refractivity contribution in [1.82, 2.24) is 0 Å². The van der Waals surface area contributed by atoms with Crippen LogP contribution >= 0.6 is 11.6 Å². The van der Waals surface area contributed by atoms with Gasteiger partial charge in [0.25, 0.3) is 0 Å². The van der Waals surface area contributed by atoms with Crippen LogP contribution in [0.25, 0.3) is 0 Å². The SMILES string of the molecule is Cc1ccc(NC(=O)[C@@H](N)CCc2ccccc2)cc1Cl. The quantitative estimate of drug-likeness (QED) is 0.887. The second kappa shape index (κ2) is 7.25. The Kier molecular flexibility index (Phi) is 5.37. The molecule has 0 aliphatic heterocycles. The van der Waals surface area contributed by atoms with Crippen molar-refractivity contribution in [3.05, 3.63) is 64.7 Å². The van der Waals surface area contributed by atoms with E-state index < -0.39 is 6.04 Å². The molecule has 0 spiro atoms. The van der Waals surface area contributed by atoms with E-state index >= 15 is 0 Å². The highest BCUT2D eigenvalue weighted by Crippen LogP contribution is 2.20. The molecule has 0 unspecified atom stereocenters. The molecule has 0 radical (unpaired) electrons. The molecular weight excluding hydrogens is 284 g/mol. The van der Waals surface area contributed by atoms with Crippen molar-refractivity contribution in [1.29, 1.82) is 0 Å². The van der Waals surface area contributed by atoms with E-state index in [1.807, 2.05) is 49.4 Å². The first-order chi connectivity index (χ1) is 10.1. The Labute approximate surface area is 130 Å². The van der Waals surface area contributed by atoms with Gasteiger partial charge in [-0.05, 0) is 43.0 Å². The summed E-state index contributed by atoms with van der Waals surface area (Å²) in [4.78, 5) is 12.1. The zero-order valence-corrected chi connectivity index (χ0v) is 12.7. The Morgan fingerprint density at radius 1 is 1.24 bits per heavy atom. The molecule has 2 aromatic carbocycles. The van der Waals surface area contributed by atoms with Crippen molar-refractivity contribution >= 4 is 23.2 Å². The lowest BCUT2D eigenvalue weighted by molar-refractivity contribution is -0.117. The summed E-state index contributed by atoms with van der Waals surface area (Å²) >= 11 is 6.04. The van der Waals surface area contributed by atoms with Crippen LogP contribution in [0.3, 0.4) is 0 Å². The second-order valence-corrected chi connectivity index (χ2v) is 5.49. The van der Waals surface area contributed by atoms with Gasteiger partial charge in [-0.25, -0.2) is 0 Å². The van der Waals surface area contributed by atoms with Crippen LogP contribution in [-0.4, -0.2) is 11.9 Å². The van der Waals surface area contributed by atoms with Gasteiger partial charge in [-0.1, -0.05) is 48.0 Å². The van der Waals surface area contributed by atoms with Gasteiger partial charge >= 0.3 is 0 Å². The topological polar surface area (TPSA) is 55.1 Å². The van der Waals surface area contributed by atoms with Crippen molar-refractivity contribution in [3.8, 4) is 0 Å². The third kappa shape index (κ3) is 4.59. The largest absolute Gasteiger partial charge is 0.325 e. The first-order valence-electron chi connectivity index (χ1n) is 6.93. The molecule has 110 valence electrons. The Bertz CT molecular complexity index is 613. The van der Waals surface area contributed by atoms with Crippen LogP contribution in [0.15, 0.2) is 48.5 Å². The third-order valence-corrected chi connectivity index (χ3v) is 3.77. The predicted molar refractivity (Wildman–Crippen MR) is 87.6 cm³/mol. The normalized spacial score (nSPS) is 12.0. The Hall–Kier alpha value is -1.84. The molecule has 2 aromatic rings. The van der Waals surface area contributed by atoms with Crippen LogP contribution in [0, 0.1) is 6.92 Å². The molecule has 4 heteroatoms. The molecular formula is C17H19ClN2O. The van der Waals surface area contributed by atoms with E-state index in [1.54, 1.807) is 6.07 Å². The summed E-state index contributed by atoms with van der Waals surface area (Å²) in [6.07, 6.45) is 1.39. The van der Waals surface area contributed by atoms with Crippen molar-refractivity contribution < 1.29 is 4.79 Å². The monoisotopic (exact) mass is 302 g/mol. The smallest absolute Gasteiger partial charge is 0.241 e. The van der Waals surface area contributed by atoms with Crippen molar-refractivity contribution in [2.75, 3.05) is 5.32 Å². The van der Waals surface area contributed by atoms with E-state index in [9.17, 15) is 4.79 Å². The standard InChI is InChI=1S/C17H19ClN2O/c1-12-7-9-14(11-15(12)18)20-17(21)16(19)10-8-13-5-3-2-4-6-13/h2-7,9,11,16H,8,10,19H2,1H3,(H,20,21)/t16-/m0/s1. The fourth-order valence-corrected chi connectivity index (χ4v) is 2.18. The summed E-state index contributed by atoms with van der Waals surface area (Å²) in [5, 5.41) is 3.43. The average molecular weight is 303 g/mol. The number of amides is 1. The number of rotatable bonds is 5. The van der Waals surface area contributed by atoms with Crippen LogP contribution in [-0.2, 0) is 11.2 Å². The lowest BCUT2D eigenvalue weighted by atomic mass is 10.1. The molecule has 0 bridgehead atoms. The molecule has 0 fully saturated rings. The lowest BCUT2D eigenvalue weighted by Gasteiger charge is -2.13. The minimum atomic E-state index is -0.537. The van der Waals surface area contributed by atoms with Crippen molar-refractivity contribution in [3.63, 3.8) is 0 Å². The first-order valence-corrected chi connectivity index (χ1v) is 7.30. The number of anilines is 1. The van der Waals surface area contributed by atoms with Gasteiger partial charge in [0, 0.05) is 10.7 Å². The van der Waals surface area contributed by atoms with Gasteiger partial charge in [-0.3, -0.25) is 4.79 Å². The number of aryl methyl sites for hydroxylation is 2. The highest BCUT2D eigenvalue weighted by molar-refractivity contribution is 6.31. The lowest BCUT2D eigenvalue weighted by Crippen LogP contribution is -2.36. The number of halogens is 1. The maximum atomic E-state index is 12.1. The van der Waals surface area contributed by atoms with Gasteiger partial charge < -0.3 is 11.1 Å². The fourth-order valence-electron chi connectivity index (χ4n) is 2.00. The molecule has 0 aliphatic carbocycles. The summed E-state index contributed by atoms with van der Waals surface area (Å²) in [5.74, 6) is -0.189. The van der Waals surface area contributed by atoms with E-state index in [2.05, 4.69) is 5.32 Å². The first kappa shape index (κ1) is 15.5. The van der Waals surface area contributed by atoms with Gasteiger partial charge in [0.2, 0.25) is 5.91 Å². The molecule has 0 aliphatic rings. The molecule has 0 heterocycles. The Morgan fingerprint density at radius 3 is 2.62 bits per heavy atom. The van der Waals surface area contributed by atoms with E-state index in [-0.39, 0.29) is 5.91 Å². The number of hydrogen-bond acceptors (Lipinski definition) is 2. The minimum Gasteiger partial charge on any atom is -0.325 e. The maximum Gasteiger partial charge on any atom is 0.241 e. The van der Waals surface area contributed by atoms with E-state index in [0.29, 0.717) is 17.1 Å².